The molecule has 1 unspecified atom stereocenters. The third-order valence-corrected chi connectivity index (χ3v) is 6.96. The first-order chi connectivity index (χ1) is 18.5. The summed E-state index contributed by atoms with van der Waals surface area (Å²) in [4.78, 5) is 4.39. The number of nitrogens with two attached hydrogens (primary N) is 1. The minimum absolute atomic E-state index is 0.0241. The maximum Gasteiger partial charge on any atom is 0.147 e. The molecule has 0 bridgehead atoms. The maximum atomic E-state index is 13.3. The molecule has 2 aromatic carbocycles. The van der Waals surface area contributed by atoms with Crippen LogP contribution in [0, 0.1) is 5.82 Å². The van der Waals surface area contributed by atoms with Gasteiger partial charge in [0.1, 0.15) is 40.6 Å². The lowest BCUT2D eigenvalue weighted by Gasteiger charge is -2.14. The van der Waals surface area contributed by atoms with Crippen LogP contribution in [0.1, 0.15) is 12.5 Å². The number of aliphatic hydroxyl groups is 1. The zero-order valence-electron chi connectivity index (χ0n) is 20.6. The van der Waals surface area contributed by atoms with Gasteiger partial charge in [-0.3, -0.25) is 4.68 Å². The second-order valence-corrected chi connectivity index (χ2v) is 9.96. The fourth-order valence-electron chi connectivity index (χ4n) is 4.04. The minimum atomic E-state index is -1.28. The molecule has 0 fully saturated rings. The van der Waals surface area contributed by atoms with Gasteiger partial charge in [-0.15, -0.1) is 0 Å². The largest absolute Gasteiger partial charge is 0.487 e. The number of nitrogens with one attached hydrogen (secondary N) is 1. The highest BCUT2D eigenvalue weighted by Gasteiger charge is 2.19. The lowest BCUT2D eigenvalue weighted by atomic mass is 10.0. The van der Waals surface area contributed by atoms with Crippen molar-refractivity contribution in [2.75, 3.05) is 22.8 Å². The van der Waals surface area contributed by atoms with E-state index in [4.69, 9.17) is 14.9 Å². The van der Waals surface area contributed by atoms with E-state index in [2.05, 4.69) is 14.8 Å². The number of benzene rings is 2. The van der Waals surface area contributed by atoms with Crippen LogP contribution >= 0.6 is 0 Å². The third-order valence-electron chi connectivity index (χ3n) is 5.98. The van der Waals surface area contributed by atoms with E-state index in [9.17, 15) is 13.7 Å². The van der Waals surface area contributed by atoms with Crippen LogP contribution in [-0.2, 0) is 24.1 Å². The molecule has 1 atom stereocenters. The van der Waals surface area contributed by atoms with Crippen molar-refractivity contribution in [2.45, 2.75) is 20.1 Å². The van der Waals surface area contributed by atoms with Gasteiger partial charge in [0.2, 0.25) is 0 Å². The fraction of sp³-hybridized carbons (Fsp3) is 0.185. The van der Waals surface area contributed by atoms with Crippen molar-refractivity contribution in [3.05, 3.63) is 78.7 Å². The Balaban J connectivity index is 1.54. The summed E-state index contributed by atoms with van der Waals surface area (Å²) < 4.78 is 42.2. The number of furan rings is 1. The molecule has 11 heteroatoms. The molecular formula is C27H26FN5O4S. The number of nitrogens with zero attached hydrogens (tertiary/aromatic N) is 3. The van der Waals surface area contributed by atoms with E-state index >= 15 is 0 Å². The number of fused-ring (bicyclic) bond motifs is 1. The Bertz CT molecular complexity index is 1600. The number of halogens is 1. The molecule has 5 rings (SSSR count). The van der Waals surface area contributed by atoms with Gasteiger partial charge in [0.25, 0.3) is 0 Å². The number of hydrogen-bond acceptors (Lipinski definition) is 7. The number of hydrogen-bond donors (Lipinski definition) is 3. The molecule has 0 radical (unpaired) electrons. The van der Waals surface area contributed by atoms with Crippen molar-refractivity contribution in [1.29, 1.82) is 0 Å². The van der Waals surface area contributed by atoms with Crippen LogP contribution in [0.25, 0.3) is 33.2 Å². The van der Waals surface area contributed by atoms with Crippen molar-refractivity contribution >= 4 is 33.5 Å². The molecule has 0 saturated carbocycles. The Kier molecular flexibility index (Phi) is 7.38. The van der Waals surface area contributed by atoms with Crippen molar-refractivity contribution in [3.8, 4) is 28.0 Å². The minimum Gasteiger partial charge on any atom is -0.487 e. The molecular weight excluding hydrogens is 509 g/mol. The molecule has 196 valence electrons. The van der Waals surface area contributed by atoms with Crippen LogP contribution in [0.3, 0.4) is 0 Å². The lowest BCUT2D eigenvalue weighted by molar-refractivity contribution is 0.269. The number of aromatic nitrogens is 3. The van der Waals surface area contributed by atoms with Gasteiger partial charge in [0.05, 0.1) is 36.7 Å². The molecule has 0 saturated heterocycles. The lowest BCUT2D eigenvalue weighted by Crippen LogP contribution is -2.08. The number of pyridine rings is 1. The van der Waals surface area contributed by atoms with E-state index in [0.717, 1.165) is 16.7 Å². The second kappa shape index (κ2) is 11.0. The summed E-state index contributed by atoms with van der Waals surface area (Å²) in [6.45, 7) is 2.35. The Morgan fingerprint density at radius 2 is 1.97 bits per heavy atom. The first-order valence-corrected chi connectivity index (χ1v) is 13.2. The number of anilines is 2. The normalized spacial score (nSPS) is 12.1. The van der Waals surface area contributed by atoms with E-state index in [1.807, 2.05) is 19.1 Å². The third kappa shape index (κ3) is 5.24. The van der Waals surface area contributed by atoms with Crippen molar-refractivity contribution in [1.82, 2.24) is 14.8 Å². The summed E-state index contributed by atoms with van der Waals surface area (Å²) in [6, 6.07) is 11.5. The summed E-state index contributed by atoms with van der Waals surface area (Å²) in [5, 5.41) is 14.1. The van der Waals surface area contributed by atoms with Gasteiger partial charge >= 0.3 is 0 Å². The van der Waals surface area contributed by atoms with Crippen LogP contribution in [0.4, 0.5) is 15.9 Å². The molecule has 5 aromatic rings. The van der Waals surface area contributed by atoms with E-state index in [1.165, 1.54) is 12.1 Å². The van der Waals surface area contributed by atoms with E-state index < -0.39 is 11.0 Å². The zero-order chi connectivity index (χ0) is 26.6. The van der Waals surface area contributed by atoms with Crippen molar-refractivity contribution in [3.63, 3.8) is 0 Å². The molecule has 4 N–H and O–H groups in total. The molecule has 38 heavy (non-hydrogen) atoms. The van der Waals surface area contributed by atoms with Gasteiger partial charge in [0, 0.05) is 34.8 Å². The Labute approximate surface area is 220 Å². The van der Waals surface area contributed by atoms with Crippen LogP contribution in [-0.4, -0.2) is 36.4 Å². The Morgan fingerprint density at radius 3 is 2.74 bits per heavy atom. The SMILES string of the molecule is CCS(=O)Nc1ccc(-c2coc3c(-c4cnn(CCO)c4)cnc(N)c23)cc1OCc1ccc(F)cc1. The van der Waals surface area contributed by atoms with Gasteiger partial charge in [-0.05, 0) is 35.4 Å². The van der Waals surface area contributed by atoms with Crippen LogP contribution in [0.2, 0.25) is 0 Å². The first kappa shape index (κ1) is 25.4. The van der Waals surface area contributed by atoms with Crippen LogP contribution in [0.5, 0.6) is 5.75 Å². The maximum absolute atomic E-state index is 13.3. The van der Waals surface area contributed by atoms with Gasteiger partial charge in [-0.25, -0.2) is 13.6 Å². The molecule has 9 nitrogen and oxygen atoms in total. The van der Waals surface area contributed by atoms with Crippen molar-refractivity contribution < 1.29 is 22.9 Å². The topological polar surface area (TPSA) is 128 Å². The molecule has 0 amide bonds. The summed E-state index contributed by atoms with van der Waals surface area (Å²) in [6.07, 6.45) is 6.73. The first-order valence-electron chi connectivity index (χ1n) is 11.9. The summed E-state index contributed by atoms with van der Waals surface area (Å²) in [5.41, 5.74) is 11.2. The molecule has 0 aliphatic rings. The van der Waals surface area contributed by atoms with Gasteiger partial charge in [0.15, 0.2) is 0 Å². The van der Waals surface area contributed by atoms with E-state index in [-0.39, 0.29) is 19.0 Å². The second-order valence-electron chi connectivity index (χ2n) is 8.49. The average Bonchev–Trinajstić information content (AvgIpc) is 3.58. The van der Waals surface area contributed by atoms with E-state index in [1.54, 1.807) is 47.7 Å². The number of aliphatic hydroxyl groups excluding tert-OH is 1. The van der Waals surface area contributed by atoms with Crippen LogP contribution < -0.4 is 15.2 Å². The summed E-state index contributed by atoms with van der Waals surface area (Å²) in [5.74, 6) is 0.870. The number of ether oxygens (including phenoxy) is 1. The summed E-state index contributed by atoms with van der Waals surface area (Å²) in [7, 11) is -1.28. The van der Waals surface area contributed by atoms with Gasteiger partial charge < -0.3 is 24.7 Å². The molecule has 3 aromatic heterocycles. The standard InChI is InChI=1S/C27H26FN5O4S/c1-2-38(35)32-23-8-5-18(11-24(23)36-15-17-3-6-20(28)7-4-17)22-16-37-26-21(13-30-27(29)25(22)26)19-12-31-33(14-19)9-10-34/h3-8,11-14,16,32,34H,2,9-10,15H2,1H3,(H2,29,30). The predicted molar refractivity (Wildman–Crippen MR) is 145 cm³/mol. The molecule has 3 heterocycles. The fourth-order valence-corrected chi connectivity index (χ4v) is 4.60. The smallest absolute Gasteiger partial charge is 0.147 e. The Hall–Kier alpha value is -4.22. The van der Waals surface area contributed by atoms with Crippen LogP contribution in [0.15, 0.2) is 71.7 Å². The molecule has 0 spiro atoms. The summed E-state index contributed by atoms with van der Waals surface area (Å²) >= 11 is 0. The highest BCUT2D eigenvalue weighted by molar-refractivity contribution is 7.86. The van der Waals surface area contributed by atoms with Gasteiger partial charge in [-0.2, -0.15) is 5.10 Å². The van der Waals surface area contributed by atoms with Gasteiger partial charge in [-0.1, -0.05) is 25.1 Å². The quantitative estimate of drug-likeness (QED) is 0.235. The van der Waals surface area contributed by atoms with Crippen molar-refractivity contribution in [2.24, 2.45) is 0 Å². The van der Waals surface area contributed by atoms with E-state index in [0.29, 0.717) is 51.6 Å². The number of rotatable bonds is 10. The highest BCUT2D eigenvalue weighted by Crippen LogP contribution is 2.41. The number of nitrogen functional groups attached to an aromatic ring is 1. The Morgan fingerprint density at radius 1 is 1.16 bits per heavy atom. The predicted octanol–water partition coefficient (Wildman–Crippen LogP) is 4.75. The zero-order valence-corrected chi connectivity index (χ0v) is 21.4. The average molecular weight is 536 g/mol. The highest BCUT2D eigenvalue weighted by atomic mass is 32.2. The molecule has 0 aliphatic heterocycles. The monoisotopic (exact) mass is 535 g/mol. The molecule has 0 aliphatic carbocycles.